The Morgan fingerprint density at radius 1 is 0.659 bits per heavy atom. The average Bonchev–Trinajstić information content (AvgIpc) is 2.97. The second-order valence-electron chi connectivity index (χ2n) is 8.63. The van der Waals surface area contributed by atoms with Gasteiger partial charge in [0.1, 0.15) is 11.3 Å². The van der Waals surface area contributed by atoms with Crippen molar-refractivity contribution in [3.63, 3.8) is 0 Å². The maximum Gasteiger partial charge on any atom is 0.343 e. The second kappa shape index (κ2) is 10.9. The third-order valence-corrected chi connectivity index (χ3v) is 6.05. The molecule has 0 aromatic heterocycles. The summed E-state index contributed by atoms with van der Waals surface area (Å²) in [5, 5.41) is 22.4. The first-order valence-electron chi connectivity index (χ1n) is 12.0. The average molecular weight is 550 g/mol. The molecule has 1 fully saturated rings. The highest BCUT2D eigenvalue weighted by Crippen LogP contribution is 2.35. The molecule has 0 atom stereocenters. The number of barbiturate groups is 1. The largest absolute Gasteiger partial charge is 0.450 e. The fourth-order valence-electron chi connectivity index (χ4n) is 4.11. The van der Waals surface area contributed by atoms with Crippen molar-refractivity contribution < 1.29 is 29.0 Å². The summed E-state index contributed by atoms with van der Waals surface area (Å²) in [4.78, 5) is 63.0. The van der Waals surface area contributed by atoms with Crippen LogP contribution in [0.3, 0.4) is 0 Å². The number of ether oxygens (including phenoxy) is 1. The third-order valence-electron chi connectivity index (χ3n) is 6.05. The third kappa shape index (κ3) is 5.25. The van der Waals surface area contributed by atoms with Crippen LogP contribution in [0.5, 0.6) is 11.5 Å². The molecule has 0 spiro atoms. The molecule has 4 aromatic rings. The van der Waals surface area contributed by atoms with Gasteiger partial charge < -0.3 is 4.74 Å². The molecule has 1 aliphatic rings. The number of nitro groups is 2. The molecule has 12 heteroatoms. The van der Waals surface area contributed by atoms with Crippen LogP contribution in [0.25, 0.3) is 6.08 Å². The van der Waals surface area contributed by atoms with Crippen molar-refractivity contribution in [1.82, 2.24) is 0 Å². The molecule has 0 aliphatic carbocycles. The lowest BCUT2D eigenvalue weighted by atomic mass is 10.0. The van der Waals surface area contributed by atoms with Crippen molar-refractivity contribution in [2.45, 2.75) is 0 Å². The summed E-state index contributed by atoms with van der Waals surface area (Å²) in [6, 6.07) is 24.5. The molecule has 0 N–H and O–H groups in total. The smallest absolute Gasteiger partial charge is 0.343 e. The number of anilines is 2. The molecule has 202 valence electrons. The van der Waals surface area contributed by atoms with Gasteiger partial charge in [-0.2, -0.15) is 0 Å². The van der Waals surface area contributed by atoms with Crippen LogP contribution in [0.2, 0.25) is 0 Å². The van der Waals surface area contributed by atoms with Crippen LogP contribution in [-0.2, 0) is 9.59 Å². The van der Waals surface area contributed by atoms with Crippen molar-refractivity contribution in [3.8, 4) is 11.5 Å². The summed E-state index contributed by atoms with van der Waals surface area (Å²) < 4.78 is 5.58. The molecule has 4 amide bonds. The Kier molecular flexibility index (Phi) is 7.03. The molecule has 0 bridgehead atoms. The second-order valence-corrected chi connectivity index (χ2v) is 8.63. The minimum absolute atomic E-state index is 0.164. The van der Waals surface area contributed by atoms with Crippen LogP contribution in [0, 0.1) is 20.2 Å². The lowest BCUT2D eigenvalue weighted by Gasteiger charge is -2.33. The van der Waals surface area contributed by atoms with Gasteiger partial charge in [-0.25, -0.2) is 14.6 Å². The van der Waals surface area contributed by atoms with Gasteiger partial charge >= 0.3 is 11.7 Å². The zero-order chi connectivity index (χ0) is 29.1. The van der Waals surface area contributed by atoms with Crippen LogP contribution in [0.4, 0.5) is 27.5 Å². The molecule has 0 saturated carbocycles. The molecular formula is C29H18N4O8. The van der Waals surface area contributed by atoms with Gasteiger partial charge in [0, 0.05) is 6.07 Å². The standard InChI is InChI=1S/C29H18N4O8/c34-27-24(28(35)31(21-9-5-2-6-10-21)29(36)30(27)20-7-3-1-4-8-20)17-19-11-14-23(15-12-19)41-26-16-13-22(32(37)38)18-25(26)33(39)40/h1-18H. The van der Waals surface area contributed by atoms with Crippen molar-refractivity contribution in [2.75, 3.05) is 9.80 Å². The molecule has 0 radical (unpaired) electrons. The normalized spacial score (nSPS) is 13.3. The van der Waals surface area contributed by atoms with Crippen molar-refractivity contribution in [3.05, 3.63) is 134 Å². The molecule has 12 nitrogen and oxygen atoms in total. The number of carbonyl (C=O) groups excluding carboxylic acids is 3. The first-order chi connectivity index (χ1) is 19.7. The number of nitro benzene ring substituents is 2. The van der Waals surface area contributed by atoms with Crippen LogP contribution in [-0.4, -0.2) is 27.7 Å². The number of imide groups is 2. The molecule has 5 rings (SSSR count). The molecule has 1 saturated heterocycles. The Hall–Kier alpha value is -6.17. The molecule has 1 heterocycles. The minimum Gasteiger partial charge on any atom is -0.450 e. The summed E-state index contributed by atoms with van der Waals surface area (Å²) in [7, 11) is 0. The van der Waals surface area contributed by atoms with Gasteiger partial charge in [0.05, 0.1) is 27.3 Å². The number of non-ortho nitro benzene ring substituents is 1. The first-order valence-corrected chi connectivity index (χ1v) is 12.0. The monoisotopic (exact) mass is 550 g/mol. The van der Waals surface area contributed by atoms with E-state index in [4.69, 9.17) is 4.74 Å². The Bertz CT molecular complexity index is 1660. The zero-order valence-corrected chi connectivity index (χ0v) is 20.9. The SMILES string of the molecule is O=C1C(=Cc2ccc(Oc3ccc([N+](=O)[O-])cc3[N+](=O)[O-])cc2)C(=O)N(c2ccccc2)C(=O)N1c1ccccc1. The van der Waals surface area contributed by atoms with Gasteiger partial charge in [-0.05, 0) is 54.1 Å². The van der Waals surface area contributed by atoms with Gasteiger partial charge in [0.15, 0.2) is 0 Å². The Morgan fingerprint density at radius 3 is 1.68 bits per heavy atom. The highest BCUT2D eigenvalue weighted by molar-refractivity contribution is 6.46. The number of para-hydroxylation sites is 2. The predicted octanol–water partition coefficient (Wildman–Crippen LogP) is 5.88. The van der Waals surface area contributed by atoms with Crippen molar-refractivity contribution in [1.29, 1.82) is 0 Å². The summed E-state index contributed by atoms with van der Waals surface area (Å²) in [6.07, 6.45) is 1.33. The maximum absolute atomic E-state index is 13.5. The Balaban J connectivity index is 1.48. The highest BCUT2D eigenvalue weighted by atomic mass is 16.6. The van der Waals surface area contributed by atoms with Crippen LogP contribution >= 0.6 is 0 Å². The number of urea groups is 1. The number of amides is 4. The summed E-state index contributed by atoms with van der Waals surface area (Å²) in [6.45, 7) is 0. The summed E-state index contributed by atoms with van der Waals surface area (Å²) in [5.41, 5.74) is -0.332. The van der Waals surface area contributed by atoms with E-state index in [1.807, 2.05) is 0 Å². The molecule has 1 aliphatic heterocycles. The first kappa shape index (κ1) is 26.4. The summed E-state index contributed by atoms with van der Waals surface area (Å²) >= 11 is 0. The number of carbonyl (C=O) groups is 3. The fourth-order valence-corrected chi connectivity index (χ4v) is 4.11. The Morgan fingerprint density at radius 2 is 1.20 bits per heavy atom. The van der Waals surface area contributed by atoms with E-state index in [-0.39, 0.29) is 28.4 Å². The van der Waals surface area contributed by atoms with Gasteiger partial charge in [0.2, 0.25) is 5.75 Å². The number of rotatable bonds is 7. The van der Waals surface area contributed by atoms with Gasteiger partial charge in [-0.1, -0.05) is 48.5 Å². The highest BCUT2D eigenvalue weighted by Gasteiger charge is 2.43. The van der Waals surface area contributed by atoms with Crippen LogP contribution < -0.4 is 14.5 Å². The molecule has 0 unspecified atom stereocenters. The van der Waals surface area contributed by atoms with Crippen LogP contribution in [0.1, 0.15) is 5.56 Å². The Labute approximate surface area is 231 Å². The molecular weight excluding hydrogens is 532 g/mol. The summed E-state index contributed by atoms with van der Waals surface area (Å²) in [5.74, 6) is -1.65. The number of hydrogen-bond acceptors (Lipinski definition) is 8. The van der Waals surface area contributed by atoms with Gasteiger partial charge in [-0.15, -0.1) is 0 Å². The van der Waals surface area contributed by atoms with Crippen molar-refractivity contribution in [2.24, 2.45) is 0 Å². The van der Waals surface area contributed by atoms with E-state index in [2.05, 4.69) is 0 Å². The van der Waals surface area contributed by atoms with Crippen molar-refractivity contribution >= 4 is 46.7 Å². The zero-order valence-electron chi connectivity index (χ0n) is 20.9. The van der Waals surface area contributed by atoms with Gasteiger partial charge in [0.25, 0.3) is 17.5 Å². The quantitative estimate of drug-likeness (QED) is 0.120. The molecule has 4 aromatic carbocycles. The van der Waals surface area contributed by atoms with E-state index in [9.17, 15) is 34.6 Å². The predicted molar refractivity (Wildman–Crippen MR) is 147 cm³/mol. The lowest BCUT2D eigenvalue weighted by Crippen LogP contribution is -2.57. The van der Waals surface area contributed by atoms with Gasteiger partial charge in [-0.3, -0.25) is 29.8 Å². The number of nitrogens with zero attached hydrogens (tertiary/aromatic N) is 4. The minimum atomic E-state index is -0.817. The maximum atomic E-state index is 13.5. The number of benzene rings is 4. The van der Waals surface area contributed by atoms with E-state index in [1.54, 1.807) is 60.7 Å². The fraction of sp³-hybridized carbons (Fsp3) is 0. The topological polar surface area (TPSA) is 153 Å². The van der Waals surface area contributed by atoms with E-state index in [1.165, 1.54) is 30.3 Å². The molecule has 41 heavy (non-hydrogen) atoms. The van der Waals surface area contributed by atoms with E-state index in [0.29, 0.717) is 5.56 Å². The van der Waals surface area contributed by atoms with E-state index >= 15 is 0 Å². The lowest BCUT2D eigenvalue weighted by molar-refractivity contribution is -0.394. The number of hydrogen-bond donors (Lipinski definition) is 0. The van der Waals surface area contributed by atoms with Crippen LogP contribution in [0.15, 0.2) is 109 Å². The van der Waals surface area contributed by atoms with E-state index < -0.39 is 39.1 Å². The van der Waals surface area contributed by atoms with E-state index in [0.717, 1.165) is 28.0 Å².